The first-order valence-electron chi connectivity index (χ1n) is 12.2. The molecule has 2 atom stereocenters. The van der Waals surface area contributed by atoms with Gasteiger partial charge in [-0.05, 0) is 42.7 Å². The van der Waals surface area contributed by atoms with Crippen molar-refractivity contribution < 1.29 is 19.1 Å². The van der Waals surface area contributed by atoms with E-state index in [1.54, 1.807) is 29.2 Å². The molecule has 0 saturated carbocycles. The van der Waals surface area contributed by atoms with Gasteiger partial charge in [0.25, 0.3) is 0 Å². The van der Waals surface area contributed by atoms with Crippen LogP contribution in [0.1, 0.15) is 36.6 Å². The first kappa shape index (κ1) is 25.0. The lowest BCUT2D eigenvalue weighted by molar-refractivity contribution is -0.136. The topological polar surface area (TPSA) is 79.0 Å². The maximum Gasteiger partial charge on any atom is 0.411 e. The smallest absolute Gasteiger partial charge is 0.411 e. The molecule has 0 aliphatic carbocycles. The maximum atomic E-state index is 13.5. The van der Waals surface area contributed by atoms with E-state index in [-0.39, 0.29) is 24.8 Å². The number of benzene rings is 3. The zero-order valence-corrected chi connectivity index (χ0v) is 20.6. The van der Waals surface area contributed by atoms with E-state index >= 15 is 0 Å². The SMILES string of the molecule is CCN(CC)C(=O)C1C(c2ccc(NC(=O)Cc3ccccc3)cc2)OC(=O)N1Cc1ccccc1. The molecule has 0 radical (unpaired) electrons. The Morgan fingerprint density at radius 1 is 0.861 bits per heavy atom. The summed E-state index contributed by atoms with van der Waals surface area (Å²) >= 11 is 0. The second-order valence-electron chi connectivity index (χ2n) is 8.71. The van der Waals surface area contributed by atoms with Crippen LogP contribution < -0.4 is 5.32 Å². The number of cyclic esters (lactones) is 1. The van der Waals surface area contributed by atoms with Gasteiger partial charge in [0.15, 0.2) is 12.1 Å². The van der Waals surface area contributed by atoms with Gasteiger partial charge in [0.2, 0.25) is 11.8 Å². The largest absolute Gasteiger partial charge is 0.438 e. The van der Waals surface area contributed by atoms with Crippen LogP contribution in [0.25, 0.3) is 0 Å². The fourth-order valence-corrected chi connectivity index (χ4v) is 4.44. The summed E-state index contributed by atoms with van der Waals surface area (Å²) in [5.74, 6) is -0.267. The highest BCUT2D eigenvalue weighted by Gasteiger charge is 2.48. The summed E-state index contributed by atoms with van der Waals surface area (Å²) in [5.41, 5.74) is 3.19. The molecule has 0 aromatic heterocycles. The highest BCUT2D eigenvalue weighted by atomic mass is 16.6. The van der Waals surface area contributed by atoms with Crippen LogP contribution in [0.15, 0.2) is 84.9 Å². The molecule has 1 fully saturated rings. The number of carbonyl (C=O) groups excluding carboxylic acids is 3. The van der Waals surface area contributed by atoms with Crippen molar-refractivity contribution in [1.29, 1.82) is 0 Å². The summed E-state index contributed by atoms with van der Waals surface area (Å²) in [7, 11) is 0. The molecule has 0 spiro atoms. The zero-order chi connectivity index (χ0) is 25.5. The third-order valence-electron chi connectivity index (χ3n) is 6.34. The molecular formula is C29H31N3O4. The monoisotopic (exact) mass is 485 g/mol. The molecule has 2 unspecified atom stereocenters. The van der Waals surface area contributed by atoms with Crippen LogP contribution in [0.3, 0.4) is 0 Å². The molecule has 1 heterocycles. The van der Waals surface area contributed by atoms with Crippen molar-refractivity contribution in [3.05, 3.63) is 102 Å². The lowest BCUT2D eigenvalue weighted by Crippen LogP contribution is -2.48. The number of hydrogen-bond donors (Lipinski definition) is 1. The summed E-state index contributed by atoms with van der Waals surface area (Å²) in [6.45, 7) is 5.20. The van der Waals surface area contributed by atoms with Gasteiger partial charge >= 0.3 is 6.09 Å². The van der Waals surface area contributed by atoms with Gasteiger partial charge < -0.3 is 15.0 Å². The maximum absolute atomic E-state index is 13.5. The fraction of sp³-hybridized carbons (Fsp3) is 0.276. The number of amides is 3. The lowest BCUT2D eigenvalue weighted by Gasteiger charge is -2.29. The molecule has 1 saturated heterocycles. The Hall–Kier alpha value is -4.13. The molecule has 1 aliphatic heterocycles. The molecule has 7 heteroatoms. The van der Waals surface area contributed by atoms with Crippen LogP contribution >= 0.6 is 0 Å². The average molecular weight is 486 g/mol. The molecule has 3 aromatic rings. The predicted molar refractivity (Wildman–Crippen MR) is 138 cm³/mol. The van der Waals surface area contributed by atoms with Crippen molar-refractivity contribution in [2.45, 2.75) is 39.0 Å². The van der Waals surface area contributed by atoms with Gasteiger partial charge in [0.1, 0.15) is 0 Å². The van der Waals surface area contributed by atoms with Crippen molar-refractivity contribution in [3.8, 4) is 0 Å². The normalized spacial score (nSPS) is 16.9. The number of likely N-dealkylation sites (N-methyl/N-ethyl adjacent to an activating group) is 1. The van der Waals surface area contributed by atoms with Gasteiger partial charge in [-0.1, -0.05) is 72.8 Å². The third kappa shape index (κ3) is 5.74. The predicted octanol–water partition coefficient (Wildman–Crippen LogP) is 4.80. The van der Waals surface area contributed by atoms with E-state index in [0.29, 0.717) is 24.3 Å². The van der Waals surface area contributed by atoms with Crippen LogP contribution in [-0.4, -0.2) is 46.8 Å². The van der Waals surface area contributed by atoms with Crippen molar-refractivity contribution >= 4 is 23.6 Å². The Morgan fingerprint density at radius 2 is 1.44 bits per heavy atom. The Bertz CT molecular complexity index is 1180. The van der Waals surface area contributed by atoms with Gasteiger partial charge in [-0.15, -0.1) is 0 Å². The van der Waals surface area contributed by atoms with Crippen LogP contribution in [0, 0.1) is 0 Å². The number of ether oxygens (including phenoxy) is 1. The zero-order valence-electron chi connectivity index (χ0n) is 20.6. The average Bonchev–Trinajstić information content (AvgIpc) is 3.22. The summed E-state index contributed by atoms with van der Waals surface area (Å²) in [4.78, 5) is 42.1. The fourth-order valence-electron chi connectivity index (χ4n) is 4.44. The molecule has 1 N–H and O–H groups in total. The second kappa shape index (κ2) is 11.5. The summed E-state index contributed by atoms with van der Waals surface area (Å²) in [6, 6.07) is 25.4. The Balaban J connectivity index is 1.53. The minimum Gasteiger partial charge on any atom is -0.438 e. The molecule has 0 bridgehead atoms. The van der Waals surface area contributed by atoms with Crippen molar-refractivity contribution in [2.75, 3.05) is 18.4 Å². The van der Waals surface area contributed by atoms with E-state index in [4.69, 9.17) is 4.74 Å². The molecule has 186 valence electrons. The summed E-state index contributed by atoms with van der Waals surface area (Å²) < 4.78 is 5.76. The van der Waals surface area contributed by atoms with E-state index < -0.39 is 18.2 Å². The minimum atomic E-state index is -0.781. The quantitative estimate of drug-likeness (QED) is 0.472. The number of nitrogens with zero attached hydrogens (tertiary/aromatic N) is 2. The van der Waals surface area contributed by atoms with E-state index in [9.17, 15) is 14.4 Å². The minimum absolute atomic E-state index is 0.120. The van der Waals surface area contributed by atoms with E-state index in [1.807, 2.05) is 74.5 Å². The standard InChI is InChI=1S/C29H31N3O4/c1-3-31(4-2)28(34)26-27(36-29(35)32(26)20-22-13-9-6-10-14-22)23-15-17-24(18-16-23)30-25(33)19-21-11-7-5-8-12-21/h5-18,26-27H,3-4,19-20H2,1-2H3,(H,30,33). The number of hydrogen-bond acceptors (Lipinski definition) is 4. The molecular weight excluding hydrogens is 454 g/mol. The Morgan fingerprint density at radius 3 is 2.03 bits per heavy atom. The second-order valence-corrected chi connectivity index (χ2v) is 8.71. The van der Waals surface area contributed by atoms with Gasteiger partial charge in [0, 0.05) is 18.8 Å². The Labute approximate surface area is 211 Å². The van der Waals surface area contributed by atoms with E-state index in [1.165, 1.54) is 4.90 Å². The molecule has 3 aromatic carbocycles. The van der Waals surface area contributed by atoms with Crippen LogP contribution in [0.4, 0.5) is 10.5 Å². The molecule has 36 heavy (non-hydrogen) atoms. The van der Waals surface area contributed by atoms with Crippen molar-refractivity contribution in [2.24, 2.45) is 0 Å². The van der Waals surface area contributed by atoms with Gasteiger partial charge in [-0.2, -0.15) is 0 Å². The number of carbonyl (C=O) groups is 3. The molecule has 7 nitrogen and oxygen atoms in total. The first-order chi connectivity index (χ1) is 17.5. The number of rotatable bonds is 9. The van der Waals surface area contributed by atoms with Crippen LogP contribution in [0.5, 0.6) is 0 Å². The van der Waals surface area contributed by atoms with Crippen molar-refractivity contribution in [1.82, 2.24) is 9.80 Å². The van der Waals surface area contributed by atoms with Gasteiger partial charge in [-0.25, -0.2) is 4.79 Å². The lowest BCUT2D eigenvalue weighted by atomic mass is 9.99. The molecule has 3 amide bonds. The summed E-state index contributed by atoms with van der Waals surface area (Å²) in [6.07, 6.45) is -0.990. The number of nitrogens with one attached hydrogen (secondary N) is 1. The van der Waals surface area contributed by atoms with E-state index in [2.05, 4.69) is 5.32 Å². The van der Waals surface area contributed by atoms with E-state index in [0.717, 1.165) is 11.1 Å². The highest BCUT2D eigenvalue weighted by molar-refractivity contribution is 5.92. The van der Waals surface area contributed by atoms with Crippen LogP contribution in [0.2, 0.25) is 0 Å². The molecule has 4 rings (SSSR count). The first-order valence-corrected chi connectivity index (χ1v) is 12.2. The highest BCUT2D eigenvalue weighted by Crippen LogP contribution is 2.35. The number of anilines is 1. The van der Waals surface area contributed by atoms with Crippen LogP contribution in [-0.2, 0) is 27.3 Å². The Kier molecular flexibility index (Phi) is 8.00. The van der Waals surface area contributed by atoms with Gasteiger partial charge in [-0.3, -0.25) is 14.5 Å². The molecule has 1 aliphatic rings. The van der Waals surface area contributed by atoms with Gasteiger partial charge in [0.05, 0.1) is 13.0 Å². The summed E-state index contributed by atoms with van der Waals surface area (Å²) in [5, 5.41) is 2.90. The third-order valence-corrected chi connectivity index (χ3v) is 6.34. The van der Waals surface area contributed by atoms with Crippen molar-refractivity contribution in [3.63, 3.8) is 0 Å².